The summed E-state index contributed by atoms with van der Waals surface area (Å²) < 4.78 is 10.1. The Morgan fingerprint density at radius 2 is 2.00 bits per heavy atom. The van der Waals surface area contributed by atoms with Gasteiger partial charge >= 0.3 is 12.1 Å². The lowest BCUT2D eigenvalue weighted by Gasteiger charge is -2.35. The molecule has 2 fully saturated rings. The van der Waals surface area contributed by atoms with Crippen LogP contribution in [0.2, 0.25) is 0 Å². The number of carbonyl (C=O) groups is 3. The molecule has 1 aliphatic carbocycles. The molecule has 0 radical (unpaired) electrons. The van der Waals surface area contributed by atoms with Gasteiger partial charge in [-0.3, -0.25) is 9.59 Å². The Kier molecular flexibility index (Phi) is 6.49. The summed E-state index contributed by atoms with van der Waals surface area (Å²) in [6, 6.07) is 9.19. The van der Waals surface area contributed by atoms with Gasteiger partial charge in [0.2, 0.25) is 5.91 Å². The highest BCUT2D eigenvalue weighted by molar-refractivity contribution is 6.04. The summed E-state index contributed by atoms with van der Waals surface area (Å²) >= 11 is 0. The van der Waals surface area contributed by atoms with Crippen LogP contribution in [0.4, 0.5) is 4.79 Å². The highest BCUT2D eigenvalue weighted by atomic mass is 16.6. The van der Waals surface area contributed by atoms with Crippen LogP contribution >= 0.6 is 0 Å². The molecular formula is C22H27NO5. The van der Waals surface area contributed by atoms with Gasteiger partial charge in [0, 0.05) is 0 Å². The van der Waals surface area contributed by atoms with E-state index in [1.54, 1.807) is 0 Å². The second kappa shape index (κ2) is 9.04. The van der Waals surface area contributed by atoms with E-state index in [9.17, 15) is 14.4 Å². The number of hydrogen-bond acceptors (Lipinski definition) is 5. The minimum atomic E-state index is -1.02. The molecule has 4 atom stereocenters. The summed E-state index contributed by atoms with van der Waals surface area (Å²) in [6.45, 7) is 4.00. The fourth-order valence-electron chi connectivity index (χ4n) is 4.40. The Hall–Kier alpha value is -2.63. The zero-order chi connectivity index (χ0) is 20.1. The Morgan fingerprint density at radius 1 is 1.29 bits per heavy atom. The molecule has 0 aromatic heterocycles. The number of allylic oxidation sites excluding steroid dienone is 1. The van der Waals surface area contributed by atoms with Gasteiger partial charge in [-0.25, -0.2) is 9.69 Å². The first-order chi connectivity index (χ1) is 13.6. The number of benzene rings is 1. The van der Waals surface area contributed by atoms with E-state index in [-0.39, 0.29) is 18.4 Å². The number of methoxy groups -OCH3 is 1. The molecule has 0 N–H and O–H groups in total. The Morgan fingerprint density at radius 3 is 2.68 bits per heavy atom. The molecule has 2 amide bonds. The maximum Gasteiger partial charge on any atom is 0.417 e. The van der Waals surface area contributed by atoms with Crippen molar-refractivity contribution in [3.05, 3.63) is 48.6 Å². The lowest BCUT2D eigenvalue weighted by Crippen LogP contribution is -2.49. The summed E-state index contributed by atoms with van der Waals surface area (Å²) in [5.41, 5.74) is 1.000. The van der Waals surface area contributed by atoms with Crippen molar-refractivity contribution in [2.75, 3.05) is 13.7 Å². The van der Waals surface area contributed by atoms with Crippen molar-refractivity contribution in [1.29, 1.82) is 0 Å². The first-order valence-corrected chi connectivity index (χ1v) is 9.81. The van der Waals surface area contributed by atoms with Gasteiger partial charge in [-0.2, -0.15) is 0 Å². The first kappa shape index (κ1) is 20.1. The number of carbonyl (C=O) groups excluding carboxylic acids is 3. The Bertz CT molecular complexity index is 732. The number of cyclic esters (lactones) is 1. The molecule has 150 valence electrons. The molecule has 6 nitrogen and oxygen atoms in total. The smallest absolute Gasteiger partial charge is 0.417 e. The molecule has 0 spiro atoms. The van der Waals surface area contributed by atoms with Gasteiger partial charge in [-0.05, 0) is 36.7 Å². The molecule has 1 saturated carbocycles. The van der Waals surface area contributed by atoms with Gasteiger partial charge < -0.3 is 9.47 Å². The third kappa shape index (κ3) is 4.11. The second-order valence-electron chi connectivity index (χ2n) is 7.48. The molecule has 0 unspecified atom stereocenters. The summed E-state index contributed by atoms with van der Waals surface area (Å²) in [6.07, 6.45) is 5.20. The summed E-state index contributed by atoms with van der Waals surface area (Å²) in [7, 11) is 1.28. The largest absolute Gasteiger partial charge is 0.468 e. The quantitative estimate of drug-likeness (QED) is 0.427. The van der Waals surface area contributed by atoms with Crippen LogP contribution in [0.3, 0.4) is 0 Å². The number of imide groups is 1. The van der Waals surface area contributed by atoms with E-state index in [1.165, 1.54) is 7.11 Å². The predicted molar refractivity (Wildman–Crippen MR) is 103 cm³/mol. The average molecular weight is 385 g/mol. The van der Waals surface area contributed by atoms with Gasteiger partial charge in [0.1, 0.15) is 12.5 Å². The van der Waals surface area contributed by atoms with Gasteiger partial charge in [0.25, 0.3) is 0 Å². The van der Waals surface area contributed by atoms with E-state index in [1.807, 2.05) is 36.4 Å². The summed E-state index contributed by atoms with van der Waals surface area (Å²) in [4.78, 5) is 39.5. The number of hydrogen-bond donors (Lipinski definition) is 0. The molecule has 1 saturated heterocycles. The maximum absolute atomic E-state index is 13.4. The molecule has 1 heterocycles. The fraction of sp³-hybridized carbons (Fsp3) is 0.500. The number of rotatable bonds is 6. The number of amides is 2. The first-order valence-electron chi connectivity index (χ1n) is 9.81. The molecule has 6 heteroatoms. The highest BCUT2D eigenvalue weighted by Crippen LogP contribution is 2.38. The Balaban J connectivity index is 1.86. The van der Waals surface area contributed by atoms with Crippen molar-refractivity contribution in [3.8, 4) is 0 Å². The van der Waals surface area contributed by atoms with E-state index in [4.69, 9.17) is 9.47 Å². The van der Waals surface area contributed by atoms with Crippen molar-refractivity contribution < 1.29 is 23.9 Å². The van der Waals surface area contributed by atoms with Crippen LogP contribution in [-0.4, -0.2) is 42.6 Å². The summed E-state index contributed by atoms with van der Waals surface area (Å²) in [5, 5.41) is 0. The monoisotopic (exact) mass is 385 g/mol. The van der Waals surface area contributed by atoms with Crippen LogP contribution in [0.1, 0.15) is 31.2 Å². The molecule has 1 aliphatic heterocycles. The van der Waals surface area contributed by atoms with Gasteiger partial charge in [-0.15, -0.1) is 6.58 Å². The second-order valence-corrected chi connectivity index (χ2v) is 7.48. The van der Waals surface area contributed by atoms with Crippen LogP contribution in [0.5, 0.6) is 0 Å². The molecule has 1 aromatic carbocycles. The lowest BCUT2D eigenvalue weighted by molar-refractivity contribution is -0.156. The zero-order valence-electron chi connectivity index (χ0n) is 16.2. The van der Waals surface area contributed by atoms with Crippen molar-refractivity contribution in [1.82, 2.24) is 4.90 Å². The topological polar surface area (TPSA) is 72.9 Å². The third-order valence-corrected chi connectivity index (χ3v) is 5.84. The van der Waals surface area contributed by atoms with E-state index >= 15 is 0 Å². The molecule has 1 aromatic rings. The molecule has 3 rings (SSSR count). The minimum absolute atomic E-state index is 0.0491. The lowest BCUT2D eigenvalue weighted by atomic mass is 9.72. The summed E-state index contributed by atoms with van der Waals surface area (Å²) in [5.74, 6) is -2.29. The van der Waals surface area contributed by atoms with Gasteiger partial charge in [-0.1, -0.05) is 49.2 Å². The number of ether oxygens (including phenoxy) is 2. The van der Waals surface area contributed by atoms with E-state index in [0.29, 0.717) is 6.42 Å². The number of esters is 1. The van der Waals surface area contributed by atoms with Crippen LogP contribution in [0.25, 0.3) is 0 Å². The third-order valence-electron chi connectivity index (χ3n) is 5.84. The maximum atomic E-state index is 13.4. The van der Waals surface area contributed by atoms with Crippen LogP contribution in [0.15, 0.2) is 43.0 Å². The molecule has 0 bridgehead atoms. The van der Waals surface area contributed by atoms with Gasteiger partial charge in [0.05, 0.1) is 13.2 Å². The van der Waals surface area contributed by atoms with E-state index < -0.39 is 29.9 Å². The van der Waals surface area contributed by atoms with Crippen LogP contribution < -0.4 is 0 Å². The molecular weight excluding hydrogens is 358 g/mol. The zero-order valence-corrected chi connectivity index (χ0v) is 16.2. The van der Waals surface area contributed by atoms with E-state index in [2.05, 4.69) is 6.58 Å². The van der Waals surface area contributed by atoms with Crippen LogP contribution in [-0.2, 0) is 25.5 Å². The predicted octanol–water partition coefficient (Wildman–Crippen LogP) is 3.36. The standard InChI is InChI=1S/C22H27NO5/c1-3-16-11-7-8-12-18(16)19(21(25)27-2)20(24)23-17(14-28-22(23)26)13-15-9-5-4-6-10-15/h3-6,9-10,16-19H,1,7-8,11-14H2,2H3/t16-,17+,18-,19-/m1/s1. The van der Waals surface area contributed by atoms with Crippen LogP contribution in [0, 0.1) is 17.8 Å². The fourth-order valence-corrected chi connectivity index (χ4v) is 4.40. The minimum Gasteiger partial charge on any atom is -0.468 e. The highest BCUT2D eigenvalue weighted by Gasteiger charge is 2.48. The van der Waals surface area contributed by atoms with Gasteiger partial charge in [0.15, 0.2) is 0 Å². The Labute approximate surface area is 165 Å². The van der Waals surface area contributed by atoms with Crippen molar-refractivity contribution in [3.63, 3.8) is 0 Å². The van der Waals surface area contributed by atoms with Crippen molar-refractivity contribution in [2.45, 2.75) is 38.1 Å². The van der Waals surface area contributed by atoms with Crippen molar-refractivity contribution in [2.24, 2.45) is 17.8 Å². The number of nitrogens with zero attached hydrogens (tertiary/aromatic N) is 1. The van der Waals surface area contributed by atoms with E-state index in [0.717, 1.165) is 36.1 Å². The molecule has 28 heavy (non-hydrogen) atoms. The molecule has 2 aliphatic rings. The SMILES string of the molecule is C=C[C@@H]1CCCC[C@H]1[C@@H](C(=O)OC)C(=O)N1C(=O)OC[C@@H]1Cc1ccccc1. The van der Waals surface area contributed by atoms with Crippen molar-refractivity contribution >= 4 is 18.0 Å². The average Bonchev–Trinajstić information content (AvgIpc) is 3.09. The normalized spacial score (nSPS) is 25.7.